The molecule has 1 aliphatic rings. The van der Waals surface area contributed by atoms with Crippen molar-refractivity contribution in [3.05, 3.63) is 35.4 Å². The first-order chi connectivity index (χ1) is 7.12. The van der Waals surface area contributed by atoms with Gasteiger partial charge in [-0.25, -0.2) is 0 Å². The molecule has 0 nitrogen and oxygen atoms in total. The van der Waals surface area contributed by atoms with Crippen LogP contribution >= 0.6 is 0 Å². The number of hydrogen-bond acceptors (Lipinski definition) is 0. The van der Waals surface area contributed by atoms with Gasteiger partial charge in [0.15, 0.2) is 0 Å². The molecule has 1 aliphatic carbocycles. The number of hydrogen-bond donors (Lipinski definition) is 0. The highest BCUT2D eigenvalue weighted by atomic mass is 14.3. The molecule has 1 aromatic carbocycles. The fraction of sp³-hybridized carbons (Fsp3) is 0.600. The quantitative estimate of drug-likeness (QED) is 0.655. The van der Waals surface area contributed by atoms with Gasteiger partial charge >= 0.3 is 0 Å². The molecule has 0 spiro atoms. The highest BCUT2D eigenvalue weighted by Crippen LogP contribution is 2.41. The van der Waals surface area contributed by atoms with Gasteiger partial charge in [0.05, 0.1) is 0 Å². The maximum absolute atomic E-state index is 2.43. The van der Waals surface area contributed by atoms with Crippen molar-refractivity contribution in [3.63, 3.8) is 0 Å². The van der Waals surface area contributed by atoms with Crippen LogP contribution < -0.4 is 0 Å². The van der Waals surface area contributed by atoms with E-state index in [0.717, 1.165) is 0 Å². The molecule has 0 bridgehead atoms. The Balaban J connectivity index is 2.31. The Morgan fingerprint density at radius 3 is 2.40 bits per heavy atom. The van der Waals surface area contributed by atoms with Gasteiger partial charge in [-0.2, -0.15) is 0 Å². The summed E-state index contributed by atoms with van der Waals surface area (Å²) in [5, 5.41) is 0. The second kappa shape index (κ2) is 4.00. The SMILES string of the molecule is CC(C)c1cccc(C2(C)CCCC2)c1. The average Bonchev–Trinajstić information content (AvgIpc) is 2.67. The van der Waals surface area contributed by atoms with Gasteiger partial charge in [0.25, 0.3) is 0 Å². The van der Waals surface area contributed by atoms with Gasteiger partial charge in [0.1, 0.15) is 0 Å². The van der Waals surface area contributed by atoms with E-state index in [0.29, 0.717) is 11.3 Å². The van der Waals surface area contributed by atoms with Crippen molar-refractivity contribution < 1.29 is 0 Å². The lowest BCUT2D eigenvalue weighted by molar-refractivity contribution is 0.490. The zero-order valence-corrected chi connectivity index (χ0v) is 10.2. The van der Waals surface area contributed by atoms with Gasteiger partial charge in [-0.15, -0.1) is 0 Å². The molecule has 0 atom stereocenters. The van der Waals surface area contributed by atoms with E-state index in [1.54, 1.807) is 5.56 Å². The van der Waals surface area contributed by atoms with Crippen LogP contribution in [0.4, 0.5) is 0 Å². The van der Waals surface area contributed by atoms with Crippen LogP contribution in [0.15, 0.2) is 24.3 Å². The summed E-state index contributed by atoms with van der Waals surface area (Å²) in [6.07, 6.45) is 5.55. The van der Waals surface area contributed by atoms with E-state index < -0.39 is 0 Å². The van der Waals surface area contributed by atoms with Gasteiger partial charge < -0.3 is 0 Å². The molecule has 0 amide bonds. The molecule has 1 aromatic rings. The van der Waals surface area contributed by atoms with Crippen LogP contribution in [0.25, 0.3) is 0 Å². The van der Waals surface area contributed by atoms with Crippen molar-refractivity contribution in [1.82, 2.24) is 0 Å². The predicted octanol–water partition coefficient (Wildman–Crippen LogP) is 4.64. The molecular formula is C15H22. The van der Waals surface area contributed by atoms with Crippen LogP contribution in [-0.2, 0) is 5.41 Å². The molecular weight excluding hydrogens is 180 g/mol. The first kappa shape index (κ1) is 10.7. The molecule has 0 aromatic heterocycles. The van der Waals surface area contributed by atoms with Gasteiger partial charge in [0, 0.05) is 0 Å². The average molecular weight is 202 g/mol. The summed E-state index contributed by atoms with van der Waals surface area (Å²) in [6.45, 7) is 6.98. The van der Waals surface area contributed by atoms with Gasteiger partial charge in [-0.1, -0.05) is 57.9 Å². The normalized spacial score (nSPS) is 19.7. The van der Waals surface area contributed by atoms with E-state index in [1.807, 2.05) is 0 Å². The monoisotopic (exact) mass is 202 g/mol. The van der Waals surface area contributed by atoms with Crippen molar-refractivity contribution in [2.24, 2.45) is 0 Å². The Labute approximate surface area is 93.7 Å². The van der Waals surface area contributed by atoms with E-state index in [2.05, 4.69) is 45.0 Å². The lowest BCUT2D eigenvalue weighted by Crippen LogP contribution is -2.16. The van der Waals surface area contributed by atoms with Crippen LogP contribution in [0.1, 0.15) is 63.5 Å². The van der Waals surface area contributed by atoms with Crippen LogP contribution in [0.5, 0.6) is 0 Å². The molecule has 0 unspecified atom stereocenters. The highest BCUT2D eigenvalue weighted by molar-refractivity contribution is 5.31. The van der Waals surface area contributed by atoms with E-state index in [9.17, 15) is 0 Å². The molecule has 15 heavy (non-hydrogen) atoms. The lowest BCUT2D eigenvalue weighted by atomic mass is 9.80. The van der Waals surface area contributed by atoms with Crippen molar-refractivity contribution in [3.8, 4) is 0 Å². The van der Waals surface area contributed by atoms with Crippen molar-refractivity contribution in [1.29, 1.82) is 0 Å². The molecule has 0 heteroatoms. The Morgan fingerprint density at radius 2 is 1.80 bits per heavy atom. The molecule has 0 saturated heterocycles. The summed E-state index contributed by atoms with van der Waals surface area (Å²) in [5.41, 5.74) is 3.51. The minimum atomic E-state index is 0.463. The molecule has 0 N–H and O–H groups in total. The van der Waals surface area contributed by atoms with Crippen molar-refractivity contribution in [2.75, 3.05) is 0 Å². The first-order valence-corrected chi connectivity index (χ1v) is 6.22. The van der Waals surface area contributed by atoms with Crippen LogP contribution in [0.3, 0.4) is 0 Å². The lowest BCUT2D eigenvalue weighted by Gasteiger charge is -2.25. The second-order valence-electron chi connectivity index (χ2n) is 5.55. The van der Waals surface area contributed by atoms with Crippen molar-refractivity contribution >= 4 is 0 Å². The molecule has 82 valence electrons. The zero-order valence-electron chi connectivity index (χ0n) is 10.2. The fourth-order valence-electron chi connectivity index (χ4n) is 2.72. The summed E-state index contributed by atoms with van der Waals surface area (Å²) in [4.78, 5) is 0. The third kappa shape index (κ3) is 2.09. The summed E-state index contributed by atoms with van der Waals surface area (Å²) >= 11 is 0. The summed E-state index contributed by atoms with van der Waals surface area (Å²) in [7, 11) is 0. The van der Waals surface area contributed by atoms with Crippen LogP contribution in [-0.4, -0.2) is 0 Å². The third-order valence-corrected chi connectivity index (χ3v) is 3.96. The molecule has 2 rings (SSSR count). The van der Waals surface area contributed by atoms with Gasteiger partial charge in [-0.05, 0) is 35.3 Å². The predicted molar refractivity (Wildman–Crippen MR) is 66.4 cm³/mol. The van der Waals surface area contributed by atoms with E-state index in [-0.39, 0.29) is 0 Å². The highest BCUT2D eigenvalue weighted by Gasteiger charge is 2.30. The van der Waals surface area contributed by atoms with E-state index >= 15 is 0 Å². The maximum Gasteiger partial charge on any atom is -0.00751 e. The molecule has 1 fully saturated rings. The molecule has 0 heterocycles. The third-order valence-electron chi connectivity index (χ3n) is 3.96. The molecule has 0 aliphatic heterocycles. The largest absolute Gasteiger partial charge is 0.0617 e. The van der Waals surface area contributed by atoms with Gasteiger partial charge in [0.2, 0.25) is 0 Å². The van der Waals surface area contributed by atoms with E-state index in [1.165, 1.54) is 31.2 Å². The first-order valence-electron chi connectivity index (χ1n) is 6.22. The minimum absolute atomic E-state index is 0.463. The smallest absolute Gasteiger partial charge is 0.00751 e. The number of rotatable bonds is 2. The Hall–Kier alpha value is -0.780. The Kier molecular flexibility index (Phi) is 2.86. The van der Waals surface area contributed by atoms with E-state index in [4.69, 9.17) is 0 Å². The fourth-order valence-corrected chi connectivity index (χ4v) is 2.72. The standard InChI is InChI=1S/C15H22/c1-12(2)13-7-6-8-14(11-13)15(3)9-4-5-10-15/h6-8,11-12H,4-5,9-10H2,1-3H3. The zero-order chi connectivity index (χ0) is 10.9. The topological polar surface area (TPSA) is 0 Å². The molecule has 1 saturated carbocycles. The summed E-state index contributed by atoms with van der Waals surface area (Å²) < 4.78 is 0. The minimum Gasteiger partial charge on any atom is -0.0617 e. The Morgan fingerprint density at radius 1 is 1.13 bits per heavy atom. The van der Waals surface area contributed by atoms with Crippen LogP contribution in [0.2, 0.25) is 0 Å². The maximum atomic E-state index is 2.43. The second-order valence-corrected chi connectivity index (χ2v) is 5.55. The number of benzene rings is 1. The summed E-state index contributed by atoms with van der Waals surface area (Å²) in [6, 6.07) is 9.23. The summed E-state index contributed by atoms with van der Waals surface area (Å²) in [5.74, 6) is 0.648. The Bertz CT molecular complexity index is 330. The molecule has 0 radical (unpaired) electrons. The van der Waals surface area contributed by atoms with Gasteiger partial charge in [-0.3, -0.25) is 0 Å². The van der Waals surface area contributed by atoms with Crippen LogP contribution in [0, 0.1) is 0 Å². The van der Waals surface area contributed by atoms with Crippen molar-refractivity contribution in [2.45, 2.75) is 57.8 Å².